The Hall–Kier alpha value is -1.31. The minimum atomic E-state index is -0.158. The van der Waals surface area contributed by atoms with Gasteiger partial charge in [-0.3, -0.25) is 4.79 Å². The Morgan fingerprint density at radius 3 is 2.39 bits per heavy atom. The fourth-order valence-electron chi connectivity index (χ4n) is 1.78. The van der Waals surface area contributed by atoms with E-state index in [1.807, 2.05) is 12.1 Å². The molecule has 1 amide bonds. The van der Waals surface area contributed by atoms with Gasteiger partial charge < -0.3 is 5.32 Å². The van der Waals surface area contributed by atoms with Crippen LogP contribution in [0.15, 0.2) is 24.3 Å². The number of nitrogens with one attached hydrogen (secondary N) is 1. The van der Waals surface area contributed by atoms with Crippen molar-refractivity contribution >= 4 is 11.6 Å². The van der Waals surface area contributed by atoms with E-state index in [-0.39, 0.29) is 11.8 Å². The highest BCUT2D eigenvalue weighted by Crippen LogP contribution is 2.18. The van der Waals surface area contributed by atoms with Gasteiger partial charge in [0.05, 0.1) is 0 Å². The highest BCUT2D eigenvalue weighted by atomic mass is 16.1. The summed E-state index contributed by atoms with van der Waals surface area (Å²) in [4.78, 5) is 11.9. The van der Waals surface area contributed by atoms with Gasteiger partial charge in [-0.2, -0.15) is 0 Å². The SMILES string of the molecule is [CH2]C(CCCC)C(=O)Nc1ccc(C(C)C)cc1. The van der Waals surface area contributed by atoms with Crippen LogP contribution in [0.2, 0.25) is 0 Å². The maximum absolute atomic E-state index is 11.9. The average molecular weight is 246 g/mol. The van der Waals surface area contributed by atoms with E-state index in [1.54, 1.807) is 0 Å². The third kappa shape index (κ3) is 4.52. The molecule has 1 atom stereocenters. The number of hydrogen-bond donors (Lipinski definition) is 1. The summed E-state index contributed by atoms with van der Waals surface area (Å²) in [5, 5.41) is 2.92. The number of rotatable bonds is 6. The van der Waals surface area contributed by atoms with Crippen LogP contribution in [0.4, 0.5) is 5.69 Å². The molecule has 1 aromatic rings. The van der Waals surface area contributed by atoms with Gasteiger partial charge in [-0.15, -0.1) is 0 Å². The van der Waals surface area contributed by atoms with Gasteiger partial charge in [0.15, 0.2) is 0 Å². The molecule has 99 valence electrons. The minimum absolute atomic E-state index is 0.0146. The molecular weight excluding hydrogens is 222 g/mol. The largest absolute Gasteiger partial charge is 0.326 e. The van der Waals surface area contributed by atoms with E-state index in [0.29, 0.717) is 5.92 Å². The fourth-order valence-corrected chi connectivity index (χ4v) is 1.78. The van der Waals surface area contributed by atoms with E-state index >= 15 is 0 Å². The molecule has 2 nitrogen and oxygen atoms in total. The second-order valence-electron chi connectivity index (χ2n) is 5.11. The topological polar surface area (TPSA) is 29.1 Å². The van der Waals surface area contributed by atoms with E-state index in [0.717, 1.165) is 24.9 Å². The molecule has 1 unspecified atom stereocenters. The van der Waals surface area contributed by atoms with Crippen molar-refractivity contribution in [1.82, 2.24) is 0 Å². The van der Waals surface area contributed by atoms with Crippen molar-refractivity contribution in [3.8, 4) is 0 Å². The first kappa shape index (κ1) is 14.7. The van der Waals surface area contributed by atoms with Crippen LogP contribution >= 0.6 is 0 Å². The number of carbonyl (C=O) groups is 1. The molecular formula is C16H24NO. The average Bonchev–Trinajstić information content (AvgIpc) is 2.36. The molecule has 0 heterocycles. The standard InChI is InChI=1S/C16H24NO/c1-5-6-7-13(4)16(18)17-15-10-8-14(9-11-15)12(2)3/h8-13H,4-7H2,1-3H3,(H,17,18). The lowest BCUT2D eigenvalue weighted by Gasteiger charge is -2.12. The van der Waals surface area contributed by atoms with Crippen LogP contribution in [0.25, 0.3) is 0 Å². The molecule has 1 N–H and O–H groups in total. The molecule has 18 heavy (non-hydrogen) atoms. The van der Waals surface area contributed by atoms with Crippen LogP contribution in [-0.4, -0.2) is 5.91 Å². The summed E-state index contributed by atoms with van der Waals surface area (Å²) in [5.74, 6) is 0.371. The molecule has 1 rings (SSSR count). The van der Waals surface area contributed by atoms with Crippen molar-refractivity contribution in [3.63, 3.8) is 0 Å². The number of hydrogen-bond acceptors (Lipinski definition) is 1. The number of amides is 1. The summed E-state index contributed by atoms with van der Waals surface area (Å²) in [6.07, 6.45) is 3.00. The molecule has 1 aromatic carbocycles. The van der Waals surface area contributed by atoms with Crippen LogP contribution in [-0.2, 0) is 4.79 Å². The van der Waals surface area contributed by atoms with Crippen LogP contribution in [0.3, 0.4) is 0 Å². The summed E-state index contributed by atoms with van der Waals surface area (Å²) in [6.45, 7) is 10.3. The second-order valence-corrected chi connectivity index (χ2v) is 5.11. The van der Waals surface area contributed by atoms with Crippen LogP contribution in [0, 0.1) is 12.8 Å². The van der Waals surface area contributed by atoms with Gasteiger partial charge in [-0.1, -0.05) is 45.7 Å². The van der Waals surface area contributed by atoms with E-state index < -0.39 is 0 Å². The fraction of sp³-hybridized carbons (Fsp3) is 0.500. The van der Waals surface area contributed by atoms with Gasteiger partial charge in [0, 0.05) is 11.6 Å². The van der Waals surface area contributed by atoms with Gasteiger partial charge in [-0.25, -0.2) is 0 Å². The first-order valence-electron chi connectivity index (χ1n) is 6.78. The third-order valence-corrected chi connectivity index (χ3v) is 3.12. The van der Waals surface area contributed by atoms with Crippen molar-refractivity contribution in [3.05, 3.63) is 36.8 Å². The Morgan fingerprint density at radius 1 is 1.28 bits per heavy atom. The Bertz CT molecular complexity index is 367. The lowest BCUT2D eigenvalue weighted by molar-refractivity contribution is -0.118. The van der Waals surface area contributed by atoms with E-state index in [1.165, 1.54) is 5.56 Å². The summed E-state index contributed by atoms with van der Waals surface area (Å²) in [6, 6.07) is 8.04. The normalized spacial score (nSPS) is 12.5. The molecule has 0 fully saturated rings. The third-order valence-electron chi connectivity index (χ3n) is 3.12. The molecule has 0 aliphatic rings. The molecule has 0 saturated carbocycles. The summed E-state index contributed by atoms with van der Waals surface area (Å²) in [5.41, 5.74) is 2.14. The van der Waals surface area contributed by atoms with Crippen LogP contribution < -0.4 is 5.32 Å². The predicted octanol–water partition coefficient (Wildman–Crippen LogP) is 4.39. The van der Waals surface area contributed by atoms with Crippen molar-refractivity contribution in [2.24, 2.45) is 5.92 Å². The van der Waals surface area contributed by atoms with Crippen molar-refractivity contribution < 1.29 is 4.79 Å². The highest BCUT2D eigenvalue weighted by Gasteiger charge is 2.12. The van der Waals surface area contributed by atoms with Gasteiger partial charge >= 0.3 is 0 Å². The molecule has 0 spiro atoms. The first-order valence-corrected chi connectivity index (χ1v) is 6.78. The lowest BCUT2D eigenvalue weighted by Crippen LogP contribution is -2.20. The van der Waals surface area contributed by atoms with Crippen molar-refractivity contribution in [1.29, 1.82) is 0 Å². The maximum Gasteiger partial charge on any atom is 0.227 e. The lowest BCUT2D eigenvalue weighted by atomic mass is 10.0. The molecule has 0 aliphatic heterocycles. The highest BCUT2D eigenvalue weighted by molar-refractivity contribution is 5.92. The van der Waals surface area contributed by atoms with Gasteiger partial charge in [-0.05, 0) is 37.0 Å². The van der Waals surface area contributed by atoms with Gasteiger partial charge in [0.2, 0.25) is 5.91 Å². The Morgan fingerprint density at radius 2 is 1.89 bits per heavy atom. The maximum atomic E-state index is 11.9. The quantitative estimate of drug-likeness (QED) is 0.792. The number of unbranched alkanes of at least 4 members (excludes halogenated alkanes) is 1. The van der Waals surface area contributed by atoms with Crippen LogP contribution in [0.1, 0.15) is 51.5 Å². The molecule has 0 bridgehead atoms. The van der Waals surface area contributed by atoms with E-state index in [4.69, 9.17) is 0 Å². The molecule has 0 saturated heterocycles. The number of anilines is 1. The van der Waals surface area contributed by atoms with E-state index in [9.17, 15) is 4.79 Å². The molecule has 0 aliphatic carbocycles. The van der Waals surface area contributed by atoms with Crippen LogP contribution in [0.5, 0.6) is 0 Å². The molecule has 1 radical (unpaired) electrons. The first-order chi connectivity index (χ1) is 8.54. The number of carbonyl (C=O) groups excluding carboxylic acids is 1. The second kappa shape index (κ2) is 7.20. The predicted molar refractivity (Wildman–Crippen MR) is 77.5 cm³/mol. The zero-order valence-corrected chi connectivity index (χ0v) is 11.7. The summed E-state index contributed by atoms with van der Waals surface area (Å²) in [7, 11) is 0. The van der Waals surface area contributed by atoms with Crippen molar-refractivity contribution in [2.75, 3.05) is 5.32 Å². The van der Waals surface area contributed by atoms with Crippen molar-refractivity contribution in [2.45, 2.75) is 46.0 Å². The van der Waals surface area contributed by atoms with Gasteiger partial charge in [0.1, 0.15) is 0 Å². The van der Waals surface area contributed by atoms with Gasteiger partial charge in [0.25, 0.3) is 0 Å². The monoisotopic (exact) mass is 246 g/mol. The van der Waals surface area contributed by atoms with E-state index in [2.05, 4.69) is 45.1 Å². The minimum Gasteiger partial charge on any atom is -0.326 e. The molecule has 0 aromatic heterocycles. The Labute approximate surface area is 111 Å². The summed E-state index contributed by atoms with van der Waals surface area (Å²) < 4.78 is 0. The zero-order chi connectivity index (χ0) is 13.5. The number of benzene rings is 1. The molecule has 2 heteroatoms. The zero-order valence-electron chi connectivity index (χ0n) is 11.7. The summed E-state index contributed by atoms with van der Waals surface area (Å²) >= 11 is 0. The Kier molecular flexibility index (Phi) is 5.90. The Balaban J connectivity index is 2.53. The smallest absolute Gasteiger partial charge is 0.227 e.